The zero-order valence-electron chi connectivity index (χ0n) is 20.4. The highest BCUT2D eigenvalue weighted by atomic mass is 32.1. The molecule has 1 aromatic heterocycles. The Morgan fingerprint density at radius 1 is 1.24 bits per heavy atom. The summed E-state index contributed by atoms with van der Waals surface area (Å²) in [5, 5.41) is 14.8. The monoisotopic (exact) mass is 530 g/mol. The zero-order valence-corrected chi connectivity index (χ0v) is 21.3. The summed E-state index contributed by atoms with van der Waals surface area (Å²) in [6, 6.07) is 3.27. The van der Waals surface area contributed by atoms with Gasteiger partial charge in [-0.05, 0) is 25.1 Å². The minimum atomic E-state index is -1.37. The van der Waals surface area contributed by atoms with Crippen molar-refractivity contribution < 1.29 is 28.6 Å². The molecule has 1 saturated heterocycles. The maximum absolute atomic E-state index is 14.1. The van der Waals surface area contributed by atoms with E-state index in [0.717, 1.165) is 17.1 Å². The SMILES string of the molecule is CCOC(=O)C1=C(CN2CCN(C(=O)N(C)c3ccc(C(=O)O)c(F)c3)CC2)NC(c2nccs2)=NC1. The Labute approximate surface area is 216 Å². The largest absolute Gasteiger partial charge is 0.478 e. The normalized spacial score (nSPS) is 16.2. The minimum Gasteiger partial charge on any atom is -0.478 e. The van der Waals surface area contributed by atoms with Gasteiger partial charge in [-0.1, -0.05) is 0 Å². The van der Waals surface area contributed by atoms with Crippen molar-refractivity contribution in [2.24, 2.45) is 4.99 Å². The fourth-order valence-electron chi connectivity index (χ4n) is 4.04. The molecule has 0 spiro atoms. The number of ether oxygens (including phenoxy) is 1. The molecule has 2 N–H and O–H groups in total. The van der Waals surface area contributed by atoms with Crippen LogP contribution in [0, 0.1) is 5.82 Å². The summed E-state index contributed by atoms with van der Waals surface area (Å²) in [5.74, 6) is -2.08. The number of amides is 2. The van der Waals surface area contributed by atoms with Gasteiger partial charge in [-0.25, -0.2) is 23.8 Å². The summed E-state index contributed by atoms with van der Waals surface area (Å²) in [7, 11) is 1.52. The average Bonchev–Trinajstić information content (AvgIpc) is 3.43. The Balaban J connectivity index is 1.39. The topological polar surface area (TPSA) is 128 Å². The number of piperazine rings is 1. The van der Waals surface area contributed by atoms with Crippen LogP contribution in [0.5, 0.6) is 0 Å². The number of halogens is 1. The molecule has 4 rings (SSSR count). The number of amidine groups is 1. The molecule has 0 aliphatic carbocycles. The second-order valence-electron chi connectivity index (χ2n) is 8.38. The summed E-state index contributed by atoms with van der Waals surface area (Å²) in [6.45, 7) is 4.60. The van der Waals surface area contributed by atoms with E-state index in [4.69, 9.17) is 9.84 Å². The fourth-order valence-corrected chi connectivity index (χ4v) is 4.64. The summed E-state index contributed by atoms with van der Waals surface area (Å²) in [4.78, 5) is 50.4. The zero-order chi connectivity index (χ0) is 26.5. The van der Waals surface area contributed by atoms with Crippen molar-refractivity contribution in [1.29, 1.82) is 0 Å². The van der Waals surface area contributed by atoms with Crippen LogP contribution in [0.1, 0.15) is 22.3 Å². The molecule has 196 valence electrons. The van der Waals surface area contributed by atoms with Crippen LogP contribution in [-0.4, -0.2) is 96.6 Å². The first-order valence-electron chi connectivity index (χ1n) is 11.7. The second kappa shape index (κ2) is 11.5. The Hall–Kier alpha value is -3.84. The van der Waals surface area contributed by atoms with Crippen LogP contribution in [0.2, 0.25) is 0 Å². The van der Waals surface area contributed by atoms with Crippen molar-refractivity contribution in [2.45, 2.75) is 6.92 Å². The van der Waals surface area contributed by atoms with Gasteiger partial charge in [-0.15, -0.1) is 11.3 Å². The highest BCUT2D eigenvalue weighted by Gasteiger charge is 2.28. The van der Waals surface area contributed by atoms with Gasteiger partial charge in [0.2, 0.25) is 0 Å². The van der Waals surface area contributed by atoms with Gasteiger partial charge >= 0.3 is 18.0 Å². The van der Waals surface area contributed by atoms with Crippen LogP contribution in [0.15, 0.2) is 46.0 Å². The van der Waals surface area contributed by atoms with Gasteiger partial charge in [0.15, 0.2) is 10.8 Å². The van der Waals surface area contributed by atoms with E-state index in [1.54, 1.807) is 18.0 Å². The molecule has 1 fully saturated rings. The number of urea groups is 1. The van der Waals surface area contributed by atoms with Crippen molar-refractivity contribution in [1.82, 2.24) is 20.1 Å². The summed E-state index contributed by atoms with van der Waals surface area (Å²) in [5.41, 5.74) is 0.977. The highest BCUT2D eigenvalue weighted by molar-refractivity contribution is 7.11. The van der Waals surface area contributed by atoms with Gasteiger partial charge in [0.25, 0.3) is 0 Å². The molecule has 1 aromatic carbocycles. The van der Waals surface area contributed by atoms with Gasteiger partial charge < -0.3 is 20.1 Å². The Morgan fingerprint density at radius 3 is 2.62 bits per heavy atom. The maximum Gasteiger partial charge on any atom is 0.338 e. The molecular formula is C24H27FN6O5S. The molecule has 0 saturated carbocycles. The van der Waals surface area contributed by atoms with E-state index < -0.39 is 23.3 Å². The van der Waals surface area contributed by atoms with Crippen LogP contribution in [0.4, 0.5) is 14.9 Å². The van der Waals surface area contributed by atoms with E-state index in [9.17, 15) is 18.8 Å². The van der Waals surface area contributed by atoms with E-state index in [2.05, 4.69) is 20.2 Å². The number of benzene rings is 1. The Bertz CT molecular complexity index is 1240. The number of nitrogens with zero attached hydrogens (tertiary/aromatic N) is 5. The average molecular weight is 531 g/mol. The third kappa shape index (κ3) is 5.94. The number of anilines is 1. The lowest BCUT2D eigenvalue weighted by molar-refractivity contribution is -0.138. The van der Waals surface area contributed by atoms with E-state index in [0.29, 0.717) is 49.8 Å². The third-order valence-electron chi connectivity index (χ3n) is 6.07. The molecule has 0 bridgehead atoms. The Morgan fingerprint density at radius 2 is 2.00 bits per heavy atom. The first-order valence-corrected chi connectivity index (χ1v) is 12.5. The number of nitrogens with one attached hydrogen (secondary N) is 1. The predicted octanol–water partition coefficient (Wildman–Crippen LogP) is 2.02. The van der Waals surface area contributed by atoms with Crippen molar-refractivity contribution in [3.8, 4) is 0 Å². The predicted molar refractivity (Wildman–Crippen MR) is 135 cm³/mol. The first-order chi connectivity index (χ1) is 17.8. The van der Waals surface area contributed by atoms with Crippen molar-refractivity contribution >= 4 is 40.8 Å². The maximum atomic E-state index is 14.1. The van der Waals surface area contributed by atoms with Crippen LogP contribution >= 0.6 is 11.3 Å². The molecule has 13 heteroatoms. The number of carbonyl (C=O) groups is 3. The number of carboxylic acids is 1. The van der Waals surface area contributed by atoms with Crippen LogP contribution in [0.3, 0.4) is 0 Å². The molecule has 0 unspecified atom stereocenters. The fraction of sp³-hybridized carbons (Fsp3) is 0.375. The number of aliphatic imine (C=N–C) groups is 1. The second-order valence-corrected chi connectivity index (χ2v) is 9.27. The molecular weight excluding hydrogens is 503 g/mol. The van der Waals surface area contributed by atoms with E-state index in [1.807, 2.05) is 5.38 Å². The van der Waals surface area contributed by atoms with Gasteiger partial charge in [-0.3, -0.25) is 14.8 Å². The van der Waals surface area contributed by atoms with E-state index in [-0.39, 0.29) is 24.9 Å². The van der Waals surface area contributed by atoms with E-state index >= 15 is 0 Å². The molecule has 2 amide bonds. The quantitative estimate of drug-likeness (QED) is 0.521. The standard InChI is InChI=1S/C24H27FN6O5S/c1-3-36-23(34)17-13-27-20(21-26-6-11-37-21)28-19(17)14-30-7-9-31(10-8-30)24(35)29(2)15-4-5-16(22(32)33)18(25)12-15/h4-6,11-12H,3,7-10,13-14H2,1-2H3,(H,27,28)(H,32,33). The molecule has 11 nitrogen and oxygen atoms in total. The van der Waals surface area contributed by atoms with Crippen molar-refractivity contribution in [2.75, 3.05) is 57.8 Å². The summed E-state index contributed by atoms with van der Waals surface area (Å²) < 4.78 is 19.3. The summed E-state index contributed by atoms with van der Waals surface area (Å²) in [6.07, 6.45) is 1.69. The lowest BCUT2D eigenvalue weighted by Crippen LogP contribution is -2.53. The number of thiazole rings is 1. The molecule has 0 atom stereocenters. The number of carboxylic acid groups (broad SMARTS) is 1. The number of carbonyl (C=O) groups excluding carboxylic acids is 2. The lowest BCUT2D eigenvalue weighted by atomic mass is 10.1. The van der Waals surface area contributed by atoms with Crippen LogP contribution in [-0.2, 0) is 9.53 Å². The van der Waals surface area contributed by atoms with Crippen LogP contribution < -0.4 is 10.2 Å². The Kier molecular flexibility index (Phi) is 8.14. The molecule has 3 heterocycles. The van der Waals surface area contributed by atoms with Gasteiger partial charge in [0.1, 0.15) is 5.82 Å². The van der Waals surface area contributed by atoms with Gasteiger partial charge in [0, 0.05) is 62.7 Å². The van der Waals surface area contributed by atoms with E-state index in [1.165, 1.54) is 29.4 Å². The molecule has 0 radical (unpaired) electrons. The highest BCUT2D eigenvalue weighted by Crippen LogP contribution is 2.21. The number of aromatic nitrogens is 1. The molecule has 2 aliphatic rings. The van der Waals surface area contributed by atoms with Gasteiger partial charge in [0.05, 0.1) is 24.3 Å². The molecule has 37 heavy (non-hydrogen) atoms. The van der Waals surface area contributed by atoms with Crippen LogP contribution in [0.25, 0.3) is 0 Å². The number of rotatable bonds is 7. The number of aromatic carboxylic acids is 1. The van der Waals surface area contributed by atoms with Crippen molar-refractivity contribution in [3.63, 3.8) is 0 Å². The molecule has 2 aliphatic heterocycles. The third-order valence-corrected chi connectivity index (χ3v) is 6.85. The number of hydrogen-bond donors (Lipinski definition) is 2. The van der Waals surface area contributed by atoms with Crippen molar-refractivity contribution in [3.05, 3.63) is 57.4 Å². The first kappa shape index (κ1) is 26.2. The lowest BCUT2D eigenvalue weighted by Gasteiger charge is -2.37. The molecule has 2 aromatic rings. The number of esters is 1. The minimum absolute atomic E-state index is 0.191. The number of hydrogen-bond acceptors (Lipinski definition) is 9. The smallest absolute Gasteiger partial charge is 0.338 e. The van der Waals surface area contributed by atoms with Gasteiger partial charge in [-0.2, -0.15) is 0 Å². The summed E-state index contributed by atoms with van der Waals surface area (Å²) >= 11 is 1.45.